The van der Waals surface area contributed by atoms with E-state index in [0.29, 0.717) is 5.56 Å². The molecule has 3 heteroatoms. The number of nitrogens with zero attached hydrogens (tertiary/aromatic N) is 1. The fraction of sp³-hybridized carbons (Fsp3) is 0.438. The van der Waals surface area contributed by atoms with Gasteiger partial charge in [-0.1, -0.05) is 0 Å². The van der Waals surface area contributed by atoms with Crippen molar-refractivity contribution in [3.05, 3.63) is 29.3 Å². The van der Waals surface area contributed by atoms with E-state index in [1.165, 1.54) is 19.3 Å². The van der Waals surface area contributed by atoms with E-state index >= 15 is 0 Å². The average molecular weight is 257 g/mol. The first kappa shape index (κ1) is 13.5. The van der Waals surface area contributed by atoms with Gasteiger partial charge in [0.05, 0.1) is 7.11 Å². The highest BCUT2D eigenvalue weighted by Crippen LogP contribution is 2.18. The lowest BCUT2D eigenvalue weighted by Gasteiger charge is -2.21. The second-order valence-electron chi connectivity index (χ2n) is 4.80. The number of hydrogen-bond acceptors (Lipinski definition) is 3. The van der Waals surface area contributed by atoms with Crippen LogP contribution >= 0.6 is 0 Å². The summed E-state index contributed by atoms with van der Waals surface area (Å²) in [5.74, 6) is 3.39. The first-order chi connectivity index (χ1) is 9.20. The monoisotopic (exact) mass is 257 g/mol. The van der Waals surface area contributed by atoms with Crippen LogP contribution in [0.1, 0.15) is 35.2 Å². The van der Waals surface area contributed by atoms with Gasteiger partial charge in [0, 0.05) is 24.7 Å². The molecule has 100 valence electrons. The third kappa shape index (κ3) is 3.51. The van der Waals surface area contributed by atoms with Crippen molar-refractivity contribution in [2.45, 2.75) is 26.2 Å². The molecule has 0 saturated carbocycles. The van der Waals surface area contributed by atoms with Crippen LogP contribution in [0.25, 0.3) is 0 Å². The molecule has 1 aliphatic rings. The Morgan fingerprint density at radius 3 is 2.63 bits per heavy atom. The molecule has 0 aromatic heterocycles. The third-order valence-electron chi connectivity index (χ3n) is 3.34. The number of Topliss-reactive ketones (excluding diaryl/α,β-unsaturated/α-hetero) is 1. The highest BCUT2D eigenvalue weighted by Gasteiger charge is 2.08. The van der Waals surface area contributed by atoms with Gasteiger partial charge in [0.2, 0.25) is 5.78 Å². The van der Waals surface area contributed by atoms with Crippen LogP contribution in [-0.2, 0) is 0 Å². The van der Waals surface area contributed by atoms with Gasteiger partial charge < -0.3 is 9.64 Å². The number of likely N-dealkylation sites (tertiary alicyclic amines) is 1. The van der Waals surface area contributed by atoms with Crippen molar-refractivity contribution >= 4 is 5.78 Å². The fourth-order valence-electron chi connectivity index (χ4n) is 2.23. The van der Waals surface area contributed by atoms with Crippen molar-refractivity contribution in [2.24, 2.45) is 0 Å². The summed E-state index contributed by atoms with van der Waals surface area (Å²) in [6.07, 6.45) is 3.61. The topological polar surface area (TPSA) is 29.5 Å². The smallest absolute Gasteiger partial charge is 0.237 e. The molecule has 0 amide bonds. The summed E-state index contributed by atoms with van der Waals surface area (Å²) in [7, 11) is 1.62. The highest BCUT2D eigenvalue weighted by molar-refractivity contribution is 6.09. The van der Waals surface area contributed by atoms with E-state index in [-0.39, 0.29) is 5.78 Å². The Hall–Kier alpha value is -1.95. The minimum absolute atomic E-state index is 0.128. The minimum atomic E-state index is -0.128. The number of ketones is 1. The number of methoxy groups -OCH3 is 1. The second kappa shape index (κ2) is 6.29. The maximum atomic E-state index is 12.0. The standard InChI is InChI=1S/C16H19NO2/c1-13-12-14(6-7-16(13)19-2)15(18)8-11-17-9-4-3-5-10-17/h6-7,12H,3-5,9-10H2,1-2H3. The number of aryl methyl sites for hydroxylation is 1. The van der Waals surface area contributed by atoms with Crippen LogP contribution in [0.5, 0.6) is 5.75 Å². The number of ether oxygens (including phenoxy) is 1. The molecule has 1 saturated heterocycles. The number of rotatable bonds is 2. The van der Waals surface area contributed by atoms with Crippen molar-refractivity contribution in [3.8, 4) is 17.7 Å². The van der Waals surface area contributed by atoms with Crippen LogP contribution in [0.2, 0.25) is 0 Å². The van der Waals surface area contributed by atoms with Gasteiger partial charge in [-0.15, -0.1) is 0 Å². The summed E-state index contributed by atoms with van der Waals surface area (Å²) >= 11 is 0. The molecular formula is C16H19NO2. The molecule has 1 fully saturated rings. The normalized spacial score (nSPS) is 14.5. The third-order valence-corrected chi connectivity index (χ3v) is 3.34. The van der Waals surface area contributed by atoms with E-state index in [4.69, 9.17) is 4.74 Å². The molecular weight excluding hydrogens is 238 g/mol. The van der Waals surface area contributed by atoms with Gasteiger partial charge >= 0.3 is 0 Å². The predicted octanol–water partition coefficient (Wildman–Crippen LogP) is 2.63. The first-order valence-electron chi connectivity index (χ1n) is 6.66. The Kier molecular flexibility index (Phi) is 4.46. The molecule has 3 nitrogen and oxygen atoms in total. The number of hydrogen-bond donors (Lipinski definition) is 0. The molecule has 1 heterocycles. The quantitative estimate of drug-likeness (QED) is 0.602. The Bertz CT molecular complexity index is 519. The predicted molar refractivity (Wildman–Crippen MR) is 75.3 cm³/mol. The Morgan fingerprint density at radius 2 is 2.00 bits per heavy atom. The summed E-state index contributed by atoms with van der Waals surface area (Å²) in [6, 6.07) is 8.37. The Labute approximate surface area is 114 Å². The second-order valence-corrected chi connectivity index (χ2v) is 4.80. The van der Waals surface area contributed by atoms with Crippen molar-refractivity contribution < 1.29 is 9.53 Å². The van der Waals surface area contributed by atoms with Gasteiger partial charge in [-0.3, -0.25) is 4.79 Å². The van der Waals surface area contributed by atoms with E-state index < -0.39 is 0 Å². The summed E-state index contributed by atoms with van der Waals surface area (Å²) in [5.41, 5.74) is 1.58. The molecule has 0 spiro atoms. The zero-order valence-electron chi connectivity index (χ0n) is 11.5. The van der Waals surface area contributed by atoms with Crippen molar-refractivity contribution in [1.82, 2.24) is 4.90 Å². The molecule has 2 rings (SSSR count). The van der Waals surface area contributed by atoms with Crippen LogP contribution in [0, 0.1) is 18.9 Å². The van der Waals surface area contributed by atoms with Crippen LogP contribution in [-0.4, -0.2) is 30.9 Å². The van der Waals surface area contributed by atoms with Gasteiger partial charge in [0.25, 0.3) is 0 Å². The van der Waals surface area contributed by atoms with E-state index in [9.17, 15) is 4.79 Å². The van der Waals surface area contributed by atoms with E-state index in [2.05, 4.69) is 12.0 Å². The van der Waals surface area contributed by atoms with E-state index in [0.717, 1.165) is 24.4 Å². The van der Waals surface area contributed by atoms with Gasteiger partial charge in [0.1, 0.15) is 5.75 Å². The maximum Gasteiger partial charge on any atom is 0.237 e. The summed E-state index contributed by atoms with van der Waals surface area (Å²) in [6.45, 7) is 3.87. The number of benzene rings is 1. The molecule has 0 radical (unpaired) electrons. The number of carbonyl (C=O) groups is 1. The zero-order valence-corrected chi connectivity index (χ0v) is 11.5. The number of carbonyl (C=O) groups excluding carboxylic acids is 1. The SMILES string of the molecule is COc1ccc(C(=O)C#CN2CCCCC2)cc1C. The van der Waals surface area contributed by atoms with Crippen molar-refractivity contribution in [3.63, 3.8) is 0 Å². The van der Waals surface area contributed by atoms with Gasteiger partial charge in [-0.2, -0.15) is 0 Å². The molecule has 1 aromatic carbocycles. The molecule has 0 unspecified atom stereocenters. The lowest BCUT2D eigenvalue weighted by Crippen LogP contribution is -2.25. The molecule has 0 N–H and O–H groups in total. The lowest BCUT2D eigenvalue weighted by molar-refractivity contribution is 0.105. The van der Waals surface area contributed by atoms with Crippen LogP contribution in [0.15, 0.2) is 18.2 Å². The van der Waals surface area contributed by atoms with Gasteiger partial charge in [-0.25, -0.2) is 0 Å². The van der Waals surface area contributed by atoms with Crippen molar-refractivity contribution in [2.75, 3.05) is 20.2 Å². The maximum absolute atomic E-state index is 12.0. The Morgan fingerprint density at radius 1 is 1.26 bits per heavy atom. The van der Waals surface area contributed by atoms with Gasteiger partial charge in [-0.05, 0) is 55.9 Å². The molecule has 1 aromatic rings. The summed E-state index contributed by atoms with van der Waals surface area (Å²) < 4.78 is 5.18. The van der Waals surface area contributed by atoms with E-state index in [1.54, 1.807) is 13.2 Å². The summed E-state index contributed by atoms with van der Waals surface area (Å²) in [4.78, 5) is 14.0. The first-order valence-corrected chi connectivity index (χ1v) is 6.66. The van der Waals surface area contributed by atoms with Crippen LogP contribution in [0.4, 0.5) is 0 Å². The average Bonchev–Trinajstić information content (AvgIpc) is 2.45. The molecule has 19 heavy (non-hydrogen) atoms. The number of piperidine rings is 1. The van der Waals surface area contributed by atoms with Gasteiger partial charge in [0.15, 0.2) is 0 Å². The molecule has 0 aliphatic carbocycles. The van der Waals surface area contributed by atoms with Crippen LogP contribution in [0.3, 0.4) is 0 Å². The zero-order chi connectivity index (χ0) is 13.7. The largest absolute Gasteiger partial charge is 0.496 e. The van der Waals surface area contributed by atoms with Crippen molar-refractivity contribution in [1.29, 1.82) is 0 Å². The molecule has 0 atom stereocenters. The highest BCUT2D eigenvalue weighted by atomic mass is 16.5. The van der Waals surface area contributed by atoms with E-state index in [1.807, 2.05) is 24.0 Å². The molecule has 0 bridgehead atoms. The Balaban J connectivity index is 2.07. The minimum Gasteiger partial charge on any atom is -0.496 e. The fourth-order valence-corrected chi connectivity index (χ4v) is 2.23. The molecule has 1 aliphatic heterocycles. The summed E-state index contributed by atoms with van der Waals surface area (Å²) in [5, 5.41) is 0. The lowest BCUT2D eigenvalue weighted by atomic mass is 10.1. The van der Waals surface area contributed by atoms with Crippen LogP contribution < -0.4 is 4.74 Å².